The monoisotopic (exact) mass is 371 g/mol. The number of thioether (sulfide) groups is 1. The second kappa shape index (κ2) is 10.8. The minimum Gasteiger partial charge on any atom is -0.497 e. The summed E-state index contributed by atoms with van der Waals surface area (Å²) in [6.07, 6.45) is -0.914. The molecule has 5 N–H and O–H groups in total. The number of aliphatic hydroxyl groups is 1. The highest BCUT2D eigenvalue weighted by Crippen LogP contribution is 2.24. The van der Waals surface area contributed by atoms with Gasteiger partial charge in [-0.2, -0.15) is 11.8 Å². The first-order valence-corrected chi connectivity index (χ1v) is 8.93. The van der Waals surface area contributed by atoms with Crippen molar-refractivity contribution < 1.29 is 24.2 Å². The highest BCUT2D eigenvalue weighted by molar-refractivity contribution is 7.99. The molecule has 8 nitrogen and oxygen atoms in total. The van der Waals surface area contributed by atoms with Gasteiger partial charge in [-0.05, 0) is 30.1 Å². The van der Waals surface area contributed by atoms with E-state index in [2.05, 4.69) is 10.9 Å². The molecule has 1 aromatic rings. The van der Waals surface area contributed by atoms with Crippen LogP contribution in [0.4, 0.5) is 0 Å². The summed E-state index contributed by atoms with van der Waals surface area (Å²) in [5.74, 6) is 1.15. The SMILES string of the molecule is CCSCC[C@@H](N)C(O)C(=O)NNC(=O)c1ccc(OC)cc1OC. The van der Waals surface area contributed by atoms with E-state index in [-0.39, 0.29) is 5.56 Å². The van der Waals surface area contributed by atoms with Gasteiger partial charge in [0, 0.05) is 12.1 Å². The number of ether oxygens (including phenoxy) is 2. The van der Waals surface area contributed by atoms with Gasteiger partial charge in [0.1, 0.15) is 17.6 Å². The lowest BCUT2D eigenvalue weighted by molar-refractivity contribution is -0.131. The molecule has 0 fully saturated rings. The number of hydrogen-bond acceptors (Lipinski definition) is 7. The van der Waals surface area contributed by atoms with Gasteiger partial charge in [-0.3, -0.25) is 20.4 Å². The molecule has 0 aliphatic carbocycles. The molecule has 0 heterocycles. The van der Waals surface area contributed by atoms with Crippen LogP contribution < -0.4 is 26.1 Å². The summed E-state index contributed by atoms with van der Waals surface area (Å²) < 4.78 is 10.2. The third-order valence-electron chi connectivity index (χ3n) is 3.43. The van der Waals surface area contributed by atoms with Gasteiger partial charge < -0.3 is 20.3 Å². The van der Waals surface area contributed by atoms with Gasteiger partial charge in [0.15, 0.2) is 0 Å². The lowest BCUT2D eigenvalue weighted by atomic mass is 10.1. The number of methoxy groups -OCH3 is 2. The molecule has 0 bridgehead atoms. The molecular weight excluding hydrogens is 346 g/mol. The van der Waals surface area contributed by atoms with Crippen LogP contribution in [0.5, 0.6) is 11.5 Å². The Balaban J connectivity index is 2.59. The van der Waals surface area contributed by atoms with E-state index in [1.165, 1.54) is 20.3 Å². The number of hydrogen-bond donors (Lipinski definition) is 4. The number of rotatable bonds is 9. The maximum absolute atomic E-state index is 12.2. The summed E-state index contributed by atoms with van der Waals surface area (Å²) in [4.78, 5) is 24.1. The van der Waals surface area contributed by atoms with Crippen LogP contribution in [0.25, 0.3) is 0 Å². The molecule has 25 heavy (non-hydrogen) atoms. The second-order valence-electron chi connectivity index (χ2n) is 5.10. The van der Waals surface area contributed by atoms with Gasteiger partial charge in [0.05, 0.1) is 19.8 Å². The van der Waals surface area contributed by atoms with Gasteiger partial charge in [0.25, 0.3) is 11.8 Å². The zero-order chi connectivity index (χ0) is 18.8. The fourth-order valence-corrected chi connectivity index (χ4v) is 2.69. The molecule has 140 valence electrons. The molecule has 0 saturated carbocycles. The molecule has 0 aliphatic rings. The van der Waals surface area contributed by atoms with Crippen LogP contribution in [-0.4, -0.2) is 54.8 Å². The Bertz CT molecular complexity index is 585. The number of amides is 2. The Morgan fingerprint density at radius 1 is 1.28 bits per heavy atom. The van der Waals surface area contributed by atoms with Crippen molar-refractivity contribution in [3.63, 3.8) is 0 Å². The number of hydrazine groups is 1. The van der Waals surface area contributed by atoms with Gasteiger partial charge >= 0.3 is 0 Å². The van der Waals surface area contributed by atoms with Crippen molar-refractivity contribution in [2.45, 2.75) is 25.5 Å². The van der Waals surface area contributed by atoms with Crippen LogP contribution in [0.3, 0.4) is 0 Å². The minimum absolute atomic E-state index is 0.210. The van der Waals surface area contributed by atoms with Gasteiger partial charge in [0.2, 0.25) is 0 Å². The fraction of sp³-hybridized carbons (Fsp3) is 0.500. The Hall–Kier alpha value is -1.97. The van der Waals surface area contributed by atoms with Gasteiger partial charge in [-0.25, -0.2) is 0 Å². The van der Waals surface area contributed by atoms with E-state index in [1.807, 2.05) is 6.92 Å². The topological polar surface area (TPSA) is 123 Å². The molecule has 0 aromatic heterocycles. The fourth-order valence-electron chi connectivity index (χ4n) is 1.96. The molecule has 1 unspecified atom stereocenters. The number of carbonyl (C=O) groups excluding carboxylic acids is 2. The number of benzene rings is 1. The summed E-state index contributed by atoms with van der Waals surface area (Å²) in [7, 11) is 2.92. The van der Waals surface area contributed by atoms with Crippen LogP contribution >= 0.6 is 11.8 Å². The molecule has 0 aliphatic heterocycles. The molecule has 2 amide bonds. The summed E-state index contributed by atoms with van der Waals surface area (Å²) in [5, 5.41) is 9.90. The summed E-state index contributed by atoms with van der Waals surface area (Å²) >= 11 is 1.67. The van der Waals surface area contributed by atoms with Crippen LogP contribution in [-0.2, 0) is 4.79 Å². The van der Waals surface area contributed by atoms with E-state index in [0.29, 0.717) is 17.9 Å². The maximum atomic E-state index is 12.2. The predicted molar refractivity (Wildman–Crippen MR) is 96.8 cm³/mol. The average molecular weight is 371 g/mol. The molecule has 0 spiro atoms. The van der Waals surface area contributed by atoms with Crippen LogP contribution in [0, 0.1) is 0 Å². The lowest BCUT2D eigenvalue weighted by Gasteiger charge is -2.18. The Labute approximate surface area is 151 Å². The van der Waals surface area contributed by atoms with E-state index >= 15 is 0 Å². The molecule has 0 saturated heterocycles. The zero-order valence-electron chi connectivity index (χ0n) is 14.6. The molecule has 1 aromatic carbocycles. The van der Waals surface area contributed by atoms with Gasteiger partial charge in [-0.15, -0.1) is 0 Å². The molecule has 1 rings (SSSR count). The third kappa shape index (κ3) is 6.45. The summed E-state index contributed by atoms with van der Waals surface area (Å²) in [6, 6.07) is 3.94. The van der Waals surface area contributed by atoms with E-state index in [9.17, 15) is 14.7 Å². The van der Waals surface area contributed by atoms with Crippen LogP contribution in [0.2, 0.25) is 0 Å². The van der Waals surface area contributed by atoms with Crippen LogP contribution in [0.15, 0.2) is 18.2 Å². The van der Waals surface area contributed by atoms with Crippen molar-refractivity contribution in [1.82, 2.24) is 10.9 Å². The summed E-state index contributed by atoms with van der Waals surface area (Å²) in [6.45, 7) is 2.02. The number of nitrogens with one attached hydrogen (secondary N) is 2. The molecule has 9 heteroatoms. The highest BCUT2D eigenvalue weighted by Gasteiger charge is 2.23. The molecule has 0 radical (unpaired) electrons. The van der Waals surface area contributed by atoms with Gasteiger partial charge in [-0.1, -0.05) is 6.92 Å². The normalized spacial score (nSPS) is 12.8. The largest absolute Gasteiger partial charge is 0.497 e. The van der Waals surface area contributed by atoms with E-state index in [0.717, 1.165) is 11.5 Å². The zero-order valence-corrected chi connectivity index (χ0v) is 15.4. The first-order chi connectivity index (χ1) is 11.9. The van der Waals surface area contributed by atoms with Crippen LogP contribution in [0.1, 0.15) is 23.7 Å². The quantitative estimate of drug-likeness (QED) is 0.363. The van der Waals surface area contributed by atoms with Crippen molar-refractivity contribution in [3.05, 3.63) is 23.8 Å². The average Bonchev–Trinajstić information content (AvgIpc) is 2.64. The van der Waals surface area contributed by atoms with Crippen molar-refractivity contribution in [1.29, 1.82) is 0 Å². The van der Waals surface area contributed by atoms with Crippen molar-refractivity contribution >= 4 is 23.6 Å². The Morgan fingerprint density at radius 3 is 2.60 bits per heavy atom. The Kier molecular flexibility index (Phi) is 9.11. The predicted octanol–water partition coefficient (Wildman–Crippen LogP) is 0.296. The van der Waals surface area contributed by atoms with E-state index in [4.69, 9.17) is 15.2 Å². The number of aliphatic hydroxyl groups excluding tert-OH is 1. The second-order valence-corrected chi connectivity index (χ2v) is 6.50. The van der Waals surface area contributed by atoms with Crippen molar-refractivity contribution in [2.75, 3.05) is 25.7 Å². The van der Waals surface area contributed by atoms with E-state index in [1.54, 1.807) is 23.9 Å². The first-order valence-electron chi connectivity index (χ1n) is 7.78. The highest BCUT2D eigenvalue weighted by atomic mass is 32.2. The number of nitrogens with two attached hydrogens (primary N) is 1. The Morgan fingerprint density at radius 2 is 2.00 bits per heavy atom. The lowest BCUT2D eigenvalue weighted by Crippen LogP contribution is -2.52. The van der Waals surface area contributed by atoms with E-state index < -0.39 is 24.0 Å². The van der Waals surface area contributed by atoms with Crippen molar-refractivity contribution in [3.8, 4) is 11.5 Å². The standard InChI is InChI=1S/C16H25N3O5S/c1-4-25-8-7-12(17)14(20)16(22)19-18-15(21)11-6-5-10(23-2)9-13(11)24-3/h5-6,9,12,14,20H,4,7-8,17H2,1-3H3,(H,18,21)(H,19,22)/t12-,14?/m1/s1. The number of carbonyl (C=O) groups is 2. The minimum atomic E-state index is -1.41. The molecular formula is C16H25N3O5S. The third-order valence-corrected chi connectivity index (χ3v) is 4.36. The molecule has 2 atom stereocenters. The van der Waals surface area contributed by atoms with Crippen molar-refractivity contribution in [2.24, 2.45) is 5.73 Å². The summed E-state index contributed by atoms with van der Waals surface area (Å²) in [5.41, 5.74) is 10.4. The smallest absolute Gasteiger partial charge is 0.273 e. The first kappa shape index (κ1) is 21.1. The maximum Gasteiger partial charge on any atom is 0.273 e.